The summed E-state index contributed by atoms with van der Waals surface area (Å²) in [7, 11) is 0. The van der Waals surface area contributed by atoms with Gasteiger partial charge in [0, 0.05) is 42.2 Å². The zero-order valence-electron chi connectivity index (χ0n) is 12.2. The van der Waals surface area contributed by atoms with Crippen LogP contribution in [0.2, 0.25) is 10.0 Å². The first-order chi connectivity index (χ1) is 10.6. The Morgan fingerprint density at radius 3 is 2.95 bits per heavy atom. The number of aliphatic hydroxyl groups excluding tert-OH is 1. The molecule has 0 aliphatic carbocycles. The Balaban J connectivity index is 1.62. The van der Waals surface area contributed by atoms with E-state index in [-0.39, 0.29) is 18.6 Å². The van der Waals surface area contributed by atoms with Gasteiger partial charge in [0.25, 0.3) is 0 Å². The lowest BCUT2D eigenvalue weighted by molar-refractivity contribution is 0.121. The van der Waals surface area contributed by atoms with E-state index in [1.54, 1.807) is 17.0 Å². The van der Waals surface area contributed by atoms with Crippen LogP contribution in [-0.2, 0) is 11.3 Å². The van der Waals surface area contributed by atoms with E-state index >= 15 is 0 Å². The van der Waals surface area contributed by atoms with E-state index in [1.165, 1.54) is 0 Å². The van der Waals surface area contributed by atoms with Crippen molar-refractivity contribution in [3.05, 3.63) is 33.8 Å². The van der Waals surface area contributed by atoms with Crippen molar-refractivity contribution < 1.29 is 14.6 Å². The lowest BCUT2D eigenvalue weighted by atomic mass is 10.1. The molecule has 1 aromatic carbocycles. The molecule has 1 aliphatic heterocycles. The molecular weight excluding hydrogens is 327 g/mol. The maximum Gasteiger partial charge on any atom is 0.317 e. The fourth-order valence-corrected chi connectivity index (χ4v) is 2.79. The van der Waals surface area contributed by atoms with Gasteiger partial charge in [0.1, 0.15) is 0 Å². The molecule has 0 unspecified atom stereocenters. The summed E-state index contributed by atoms with van der Waals surface area (Å²) in [4.78, 5) is 13.6. The van der Waals surface area contributed by atoms with E-state index in [4.69, 9.17) is 33.0 Å². The summed E-state index contributed by atoms with van der Waals surface area (Å²) in [5.41, 5.74) is 0.864. The molecule has 0 spiro atoms. The first-order valence-electron chi connectivity index (χ1n) is 7.25. The topological polar surface area (TPSA) is 61.8 Å². The van der Waals surface area contributed by atoms with Crippen LogP contribution in [-0.4, -0.2) is 48.9 Å². The van der Waals surface area contributed by atoms with Crippen molar-refractivity contribution >= 4 is 29.2 Å². The second-order valence-corrected chi connectivity index (χ2v) is 6.15. The second kappa shape index (κ2) is 8.58. The number of rotatable bonds is 6. The maximum atomic E-state index is 11.9. The molecule has 2 rings (SSSR count). The summed E-state index contributed by atoms with van der Waals surface area (Å²) in [6, 6.07) is 5.15. The third-order valence-electron chi connectivity index (χ3n) is 3.63. The number of halogens is 2. The monoisotopic (exact) mass is 346 g/mol. The maximum absolute atomic E-state index is 11.9. The van der Waals surface area contributed by atoms with Crippen LogP contribution in [0.4, 0.5) is 4.79 Å². The zero-order chi connectivity index (χ0) is 15.9. The van der Waals surface area contributed by atoms with Gasteiger partial charge in [-0.05, 0) is 24.1 Å². The van der Waals surface area contributed by atoms with Crippen molar-refractivity contribution in [1.82, 2.24) is 10.2 Å². The van der Waals surface area contributed by atoms with E-state index in [0.717, 1.165) is 12.0 Å². The second-order valence-electron chi connectivity index (χ2n) is 5.30. The normalized spacial score (nSPS) is 17.8. The Bertz CT molecular complexity index is 514. The van der Waals surface area contributed by atoms with Crippen LogP contribution in [0.3, 0.4) is 0 Å². The number of likely N-dealkylation sites (tertiary alicyclic amines) is 1. The molecule has 1 fully saturated rings. The molecule has 1 atom stereocenters. The number of ether oxygens (including phenoxy) is 1. The molecule has 0 radical (unpaired) electrons. The van der Waals surface area contributed by atoms with Gasteiger partial charge in [0.15, 0.2) is 0 Å². The van der Waals surface area contributed by atoms with E-state index in [9.17, 15) is 4.79 Å². The lowest BCUT2D eigenvalue weighted by Gasteiger charge is -2.17. The molecule has 7 heteroatoms. The van der Waals surface area contributed by atoms with Gasteiger partial charge in [-0.25, -0.2) is 4.79 Å². The molecule has 0 bridgehead atoms. The van der Waals surface area contributed by atoms with Crippen LogP contribution in [0.25, 0.3) is 0 Å². The number of aliphatic hydroxyl groups is 1. The summed E-state index contributed by atoms with van der Waals surface area (Å²) in [5, 5.41) is 13.0. The van der Waals surface area contributed by atoms with E-state index in [1.807, 2.05) is 6.07 Å². The quantitative estimate of drug-likeness (QED) is 0.778. The summed E-state index contributed by atoms with van der Waals surface area (Å²) in [6.45, 7) is 2.66. The molecule has 2 amide bonds. The molecule has 1 saturated heterocycles. The van der Waals surface area contributed by atoms with Gasteiger partial charge < -0.3 is 20.1 Å². The first kappa shape index (κ1) is 17.3. The molecule has 1 aliphatic rings. The zero-order valence-corrected chi connectivity index (χ0v) is 13.7. The Morgan fingerprint density at radius 1 is 1.45 bits per heavy atom. The van der Waals surface area contributed by atoms with Crippen LogP contribution in [0.15, 0.2) is 18.2 Å². The van der Waals surface area contributed by atoms with Crippen molar-refractivity contribution in [3.8, 4) is 0 Å². The molecule has 22 heavy (non-hydrogen) atoms. The van der Waals surface area contributed by atoms with Gasteiger partial charge in [0.05, 0.1) is 13.2 Å². The third-order valence-corrected chi connectivity index (χ3v) is 4.21. The Labute approximate surface area is 140 Å². The number of benzene rings is 1. The Morgan fingerprint density at radius 2 is 2.27 bits per heavy atom. The standard InChI is InChI=1S/C15H20Cl2N2O3/c16-13-2-1-12(14(17)7-13)10-22-6-4-18-15(21)19-5-3-11(8-19)9-20/h1-2,7,11,20H,3-6,8-10H2,(H,18,21)/t11-/m1/s1. The number of urea groups is 1. The third kappa shape index (κ3) is 5.02. The highest BCUT2D eigenvalue weighted by molar-refractivity contribution is 6.35. The summed E-state index contributed by atoms with van der Waals surface area (Å²) in [5.74, 6) is 0.203. The van der Waals surface area contributed by atoms with Gasteiger partial charge >= 0.3 is 6.03 Å². The van der Waals surface area contributed by atoms with Crippen LogP contribution >= 0.6 is 23.2 Å². The highest BCUT2D eigenvalue weighted by Crippen LogP contribution is 2.21. The molecule has 1 aromatic rings. The minimum absolute atomic E-state index is 0.107. The number of hydrogen-bond donors (Lipinski definition) is 2. The summed E-state index contributed by atoms with van der Waals surface area (Å²) >= 11 is 11.9. The van der Waals surface area contributed by atoms with Crippen LogP contribution in [0.1, 0.15) is 12.0 Å². The van der Waals surface area contributed by atoms with Crippen molar-refractivity contribution in [1.29, 1.82) is 0 Å². The summed E-state index contributed by atoms with van der Waals surface area (Å²) < 4.78 is 5.49. The molecule has 2 N–H and O–H groups in total. The highest BCUT2D eigenvalue weighted by Gasteiger charge is 2.25. The number of carbonyl (C=O) groups is 1. The fourth-order valence-electron chi connectivity index (χ4n) is 2.33. The van der Waals surface area contributed by atoms with Crippen LogP contribution in [0, 0.1) is 5.92 Å². The predicted molar refractivity (Wildman–Crippen MR) is 86.3 cm³/mol. The smallest absolute Gasteiger partial charge is 0.317 e. The van der Waals surface area contributed by atoms with Crippen molar-refractivity contribution in [2.45, 2.75) is 13.0 Å². The number of carbonyl (C=O) groups excluding carboxylic acids is 1. The minimum atomic E-state index is -0.107. The Kier molecular flexibility index (Phi) is 6.76. The molecule has 122 valence electrons. The van der Waals surface area contributed by atoms with E-state index in [2.05, 4.69) is 5.32 Å². The predicted octanol–water partition coefficient (Wildman–Crippen LogP) is 2.53. The van der Waals surface area contributed by atoms with Crippen molar-refractivity contribution in [2.24, 2.45) is 5.92 Å². The molecule has 1 heterocycles. The molecule has 5 nitrogen and oxygen atoms in total. The molecule has 0 aromatic heterocycles. The average molecular weight is 347 g/mol. The lowest BCUT2D eigenvalue weighted by Crippen LogP contribution is -2.40. The SMILES string of the molecule is O=C(NCCOCc1ccc(Cl)cc1Cl)N1CC[C@@H](CO)C1. The largest absolute Gasteiger partial charge is 0.396 e. The average Bonchev–Trinajstić information content (AvgIpc) is 2.97. The van der Waals surface area contributed by atoms with Gasteiger partial charge in [0.2, 0.25) is 0 Å². The van der Waals surface area contributed by atoms with Gasteiger partial charge in [-0.1, -0.05) is 29.3 Å². The number of amides is 2. The van der Waals surface area contributed by atoms with Gasteiger partial charge in [-0.15, -0.1) is 0 Å². The van der Waals surface area contributed by atoms with Gasteiger partial charge in [-0.3, -0.25) is 0 Å². The van der Waals surface area contributed by atoms with Crippen molar-refractivity contribution in [2.75, 3.05) is 32.8 Å². The highest BCUT2D eigenvalue weighted by atomic mass is 35.5. The van der Waals surface area contributed by atoms with E-state index in [0.29, 0.717) is 42.9 Å². The number of nitrogens with zero attached hydrogens (tertiary/aromatic N) is 1. The molecular formula is C15H20Cl2N2O3. The first-order valence-corrected chi connectivity index (χ1v) is 8.01. The molecule has 0 saturated carbocycles. The number of nitrogens with one attached hydrogen (secondary N) is 1. The van der Waals surface area contributed by atoms with Crippen LogP contribution < -0.4 is 5.32 Å². The Hall–Kier alpha value is -1.01. The van der Waals surface area contributed by atoms with Crippen molar-refractivity contribution in [3.63, 3.8) is 0 Å². The minimum Gasteiger partial charge on any atom is -0.396 e. The van der Waals surface area contributed by atoms with E-state index < -0.39 is 0 Å². The van der Waals surface area contributed by atoms with Crippen LogP contribution in [0.5, 0.6) is 0 Å². The van der Waals surface area contributed by atoms with Gasteiger partial charge in [-0.2, -0.15) is 0 Å². The number of hydrogen-bond acceptors (Lipinski definition) is 3. The summed E-state index contributed by atoms with van der Waals surface area (Å²) in [6.07, 6.45) is 0.857. The fraction of sp³-hybridized carbons (Fsp3) is 0.533.